The predicted molar refractivity (Wildman–Crippen MR) is 123 cm³/mol. The second-order valence-corrected chi connectivity index (χ2v) is 7.71. The van der Waals surface area contributed by atoms with E-state index in [1.165, 1.54) is 0 Å². The highest BCUT2D eigenvalue weighted by Gasteiger charge is 2.25. The number of amides is 1. The standard InChI is InChI=1S/C22H29ClN6O/c1-3-5-20(30)27-17-9-7-16(8-10-17)14-26-22(24-2)28-18-11-13-29(15-18)21-19(23)6-4-12-25-21/h4,6-10,12,18H,3,5,11,13-15H2,1-2H3,(H,27,30)(H2,24,26,28). The van der Waals surface area contributed by atoms with Crippen LogP contribution < -0.4 is 20.9 Å². The van der Waals surface area contributed by atoms with Crippen LogP contribution in [0, 0.1) is 0 Å². The summed E-state index contributed by atoms with van der Waals surface area (Å²) < 4.78 is 0. The largest absolute Gasteiger partial charge is 0.353 e. The molecule has 0 bridgehead atoms. The van der Waals surface area contributed by atoms with Crippen molar-refractivity contribution in [3.63, 3.8) is 0 Å². The van der Waals surface area contributed by atoms with Crippen LogP contribution in [0.2, 0.25) is 5.02 Å². The van der Waals surface area contributed by atoms with E-state index in [0.29, 0.717) is 18.0 Å². The first-order valence-electron chi connectivity index (χ1n) is 10.3. The van der Waals surface area contributed by atoms with Crippen LogP contribution >= 0.6 is 11.6 Å². The summed E-state index contributed by atoms with van der Waals surface area (Å²) >= 11 is 6.27. The first-order valence-corrected chi connectivity index (χ1v) is 10.7. The number of halogens is 1. The average Bonchev–Trinajstić information content (AvgIpc) is 3.21. The van der Waals surface area contributed by atoms with Gasteiger partial charge >= 0.3 is 0 Å². The van der Waals surface area contributed by atoms with Gasteiger partial charge in [0.1, 0.15) is 5.82 Å². The fourth-order valence-electron chi connectivity index (χ4n) is 3.41. The number of aromatic nitrogens is 1. The Kier molecular flexibility index (Phi) is 7.90. The Morgan fingerprint density at radius 3 is 2.80 bits per heavy atom. The number of rotatable bonds is 7. The van der Waals surface area contributed by atoms with Crippen molar-refractivity contribution >= 4 is 35.0 Å². The summed E-state index contributed by atoms with van der Waals surface area (Å²) in [6.07, 6.45) is 4.13. The highest BCUT2D eigenvalue weighted by molar-refractivity contribution is 6.32. The molecule has 1 atom stereocenters. The minimum Gasteiger partial charge on any atom is -0.353 e. The molecule has 30 heavy (non-hydrogen) atoms. The summed E-state index contributed by atoms with van der Waals surface area (Å²) in [7, 11) is 1.77. The van der Waals surface area contributed by atoms with Gasteiger partial charge in [-0.25, -0.2) is 4.98 Å². The molecule has 2 heterocycles. The van der Waals surface area contributed by atoms with Gasteiger partial charge in [-0.2, -0.15) is 0 Å². The second-order valence-electron chi connectivity index (χ2n) is 7.31. The van der Waals surface area contributed by atoms with Crippen molar-refractivity contribution in [3.05, 3.63) is 53.2 Å². The summed E-state index contributed by atoms with van der Waals surface area (Å²) in [5.41, 5.74) is 1.93. The van der Waals surface area contributed by atoms with Crippen LogP contribution in [0.5, 0.6) is 0 Å². The summed E-state index contributed by atoms with van der Waals surface area (Å²) in [4.78, 5) is 22.6. The molecule has 8 heteroatoms. The Morgan fingerprint density at radius 2 is 2.10 bits per heavy atom. The van der Waals surface area contributed by atoms with Crippen LogP contribution in [-0.4, -0.2) is 43.0 Å². The van der Waals surface area contributed by atoms with E-state index in [4.69, 9.17) is 11.6 Å². The molecule has 1 saturated heterocycles. The van der Waals surface area contributed by atoms with Crippen molar-refractivity contribution in [1.29, 1.82) is 0 Å². The van der Waals surface area contributed by atoms with E-state index in [-0.39, 0.29) is 11.9 Å². The third-order valence-electron chi connectivity index (χ3n) is 4.97. The number of carbonyl (C=O) groups is 1. The van der Waals surface area contributed by atoms with E-state index in [1.807, 2.05) is 43.3 Å². The second kappa shape index (κ2) is 10.8. The molecule has 1 aromatic heterocycles. The molecule has 1 fully saturated rings. The van der Waals surface area contributed by atoms with Crippen LogP contribution in [0.3, 0.4) is 0 Å². The van der Waals surface area contributed by atoms with Crippen LogP contribution in [0.25, 0.3) is 0 Å². The molecule has 1 unspecified atom stereocenters. The van der Waals surface area contributed by atoms with Gasteiger partial charge in [0.25, 0.3) is 0 Å². The number of anilines is 2. The van der Waals surface area contributed by atoms with Crippen molar-refractivity contribution in [2.75, 3.05) is 30.4 Å². The number of hydrogen-bond acceptors (Lipinski definition) is 4. The minimum atomic E-state index is 0.0468. The fourth-order valence-corrected chi connectivity index (χ4v) is 3.65. The van der Waals surface area contributed by atoms with Gasteiger partial charge in [0.15, 0.2) is 5.96 Å². The zero-order valence-electron chi connectivity index (χ0n) is 17.5. The smallest absolute Gasteiger partial charge is 0.224 e. The predicted octanol–water partition coefficient (Wildman–Crippen LogP) is 3.42. The quantitative estimate of drug-likeness (QED) is 0.465. The average molecular weight is 429 g/mol. The molecule has 0 radical (unpaired) electrons. The SMILES string of the molecule is CCCC(=O)Nc1ccc(CNC(=NC)NC2CCN(c3ncccc3Cl)C2)cc1. The molecular formula is C22H29ClN6O. The van der Waals surface area contributed by atoms with Gasteiger partial charge in [-0.15, -0.1) is 0 Å². The molecule has 0 saturated carbocycles. The van der Waals surface area contributed by atoms with E-state index in [1.54, 1.807) is 13.2 Å². The van der Waals surface area contributed by atoms with Crippen LogP contribution in [-0.2, 0) is 11.3 Å². The van der Waals surface area contributed by atoms with Gasteiger partial charge in [-0.05, 0) is 42.7 Å². The summed E-state index contributed by atoms with van der Waals surface area (Å²) in [6, 6.07) is 11.8. The number of benzene rings is 1. The first kappa shape index (κ1) is 21.9. The van der Waals surface area contributed by atoms with Crippen molar-refractivity contribution < 1.29 is 4.79 Å². The maximum Gasteiger partial charge on any atom is 0.224 e. The van der Waals surface area contributed by atoms with Gasteiger partial charge < -0.3 is 20.9 Å². The number of hydrogen-bond donors (Lipinski definition) is 3. The topological polar surface area (TPSA) is 81.6 Å². The van der Waals surface area contributed by atoms with Crippen molar-refractivity contribution in [2.45, 2.75) is 38.8 Å². The lowest BCUT2D eigenvalue weighted by atomic mass is 10.2. The Bertz CT molecular complexity index is 870. The Morgan fingerprint density at radius 1 is 1.30 bits per heavy atom. The number of carbonyl (C=O) groups excluding carboxylic acids is 1. The summed E-state index contributed by atoms with van der Waals surface area (Å²) in [5.74, 6) is 1.64. The van der Waals surface area contributed by atoms with E-state index < -0.39 is 0 Å². The molecule has 1 aliphatic rings. The maximum atomic E-state index is 11.7. The van der Waals surface area contributed by atoms with Gasteiger partial charge in [0, 0.05) is 51.0 Å². The molecule has 2 aromatic rings. The first-order chi connectivity index (χ1) is 14.6. The van der Waals surface area contributed by atoms with E-state index in [2.05, 4.69) is 30.8 Å². The highest BCUT2D eigenvalue weighted by Crippen LogP contribution is 2.25. The number of nitrogens with one attached hydrogen (secondary N) is 3. The monoisotopic (exact) mass is 428 g/mol. The lowest BCUT2D eigenvalue weighted by Gasteiger charge is -2.20. The molecule has 160 valence electrons. The van der Waals surface area contributed by atoms with Crippen molar-refractivity contribution in [3.8, 4) is 0 Å². The number of aliphatic imine (C=N–C) groups is 1. The molecule has 1 amide bonds. The fraction of sp³-hybridized carbons (Fsp3) is 0.409. The van der Waals surface area contributed by atoms with Crippen molar-refractivity contribution in [2.24, 2.45) is 4.99 Å². The number of guanidine groups is 1. The highest BCUT2D eigenvalue weighted by atomic mass is 35.5. The molecule has 1 aromatic carbocycles. The Labute approximate surface area is 182 Å². The van der Waals surface area contributed by atoms with Crippen LogP contribution in [0.15, 0.2) is 47.6 Å². The summed E-state index contributed by atoms with van der Waals surface area (Å²) in [6.45, 7) is 4.36. The number of nitrogens with zero attached hydrogens (tertiary/aromatic N) is 3. The molecular weight excluding hydrogens is 400 g/mol. The molecule has 7 nitrogen and oxygen atoms in total. The molecule has 3 N–H and O–H groups in total. The van der Waals surface area contributed by atoms with Crippen molar-refractivity contribution in [1.82, 2.24) is 15.6 Å². The normalized spacial score (nSPS) is 16.4. The van der Waals surface area contributed by atoms with E-state index >= 15 is 0 Å². The lowest BCUT2D eigenvalue weighted by Crippen LogP contribution is -2.44. The van der Waals surface area contributed by atoms with Gasteiger partial charge in [-0.1, -0.05) is 30.7 Å². The lowest BCUT2D eigenvalue weighted by molar-refractivity contribution is -0.116. The Balaban J connectivity index is 1.47. The van der Waals surface area contributed by atoms with Crippen LogP contribution in [0.4, 0.5) is 11.5 Å². The Hall–Kier alpha value is -2.80. The molecule has 3 rings (SSSR count). The maximum absolute atomic E-state index is 11.7. The van der Waals surface area contributed by atoms with E-state index in [9.17, 15) is 4.79 Å². The zero-order chi connectivity index (χ0) is 21.3. The van der Waals surface area contributed by atoms with E-state index in [0.717, 1.165) is 49.0 Å². The molecule has 0 aliphatic carbocycles. The third-order valence-corrected chi connectivity index (χ3v) is 5.26. The minimum absolute atomic E-state index is 0.0468. The van der Waals surface area contributed by atoms with Gasteiger partial charge in [-0.3, -0.25) is 9.79 Å². The van der Waals surface area contributed by atoms with Gasteiger partial charge in [0.05, 0.1) is 5.02 Å². The zero-order valence-corrected chi connectivity index (χ0v) is 18.2. The third kappa shape index (κ3) is 6.10. The number of pyridine rings is 1. The van der Waals surface area contributed by atoms with Crippen LogP contribution in [0.1, 0.15) is 31.7 Å². The summed E-state index contributed by atoms with van der Waals surface area (Å²) in [5, 5.41) is 10.4. The molecule has 0 spiro atoms. The van der Waals surface area contributed by atoms with Gasteiger partial charge in [0.2, 0.25) is 5.91 Å². The molecule has 1 aliphatic heterocycles.